The number of hydrogen-bond donors (Lipinski definition) is 1. The highest BCUT2D eigenvalue weighted by molar-refractivity contribution is 5.99. The molecule has 2 heterocycles. The molecule has 1 aromatic carbocycles. The number of fused-ring (bicyclic) bond motifs is 1. The number of hydrogen-bond acceptors (Lipinski definition) is 2. The van der Waals surface area contributed by atoms with Crippen molar-refractivity contribution in [1.82, 2.24) is 5.32 Å². The summed E-state index contributed by atoms with van der Waals surface area (Å²) in [5, 5.41) is 2.72. The summed E-state index contributed by atoms with van der Waals surface area (Å²) in [6, 6.07) is 4.55. The minimum Gasteiger partial charge on any atom is -0.356 e. The maximum absolute atomic E-state index is 13.3. The number of amides is 2. The van der Waals surface area contributed by atoms with Crippen LogP contribution in [0.15, 0.2) is 18.2 Å². The summed E-state index contributed by atoms with van der Waals surface area (Å²) >= 11 is 0. The molecule has 1 saturated heterocycles. The van der Waals surface area contributed by atoms with Crippen LogP contribution in [0.5, 0.6) is 0 Å². The van der Waals surface area contributed by atoms with Crippen molar-refractivity contribution in [3.05, 3.63) is 29.6 Å². The summed E-state index contributed by atoms with van der Waals surface area (Å²) < 4.78 is 13.3. The molecular formula is C14H15FN2O2. The van der Waals surface area contributed by atoms with Gasteiger partial charge < -0.3 is 10.2 Å². The van der Waals surface area contributed by atoms with Crippen LogP contribution in [0.4, 0.5) is 10.1 Å². The predicted octanol–water partition coefficient (Wildman–Crippen LogP) is 1.24. The minimum atomic E-state index is -0.333. The van der Waals surface area contributed by atoms with Gasteiger partial charge in [0.1, 0.15) is 5.82 Å². The Morgan fingerprint density at radius 3 is 3.05 bits per heavy atom. The number of piperidine rings is 1. The molecule has 2 amide bonds. The predicted molar refractivity (Wildman–Crippen MR) is 68.2 cm³/mol. The zero-order chi connectivity index (χ0) is 13.4. The smallest absolute Gasteiger partial charge is 0.230 e. The first kappa shape index (κ1) is 12.1. The molecule has 0 saturated carbocycles. The Morgan fingerprint density at radius 1 is 1.42 bits per heavy atom. The number of rotatable bonds is 1. The van der Waals surface area contributed by atoms with Crippen LogP contribution < -0.4 is 10.2 Å². The molecule has 0 aromatic heterocycles. The highest BCUT2D eigenvalue weighted by Crippen LogP contribution is 2.31. The SMILES string of the molecule is O=C1CC(C(=O)N2CCc3ccc(F)cc32)CCN1. The molecule has 100 valence electrons. The van der Waals surface area contributed by atoms with E-state index in [0.29, 0.717) is 25.2 Å². The second-order valence-electron chi connectivity index (χ2n) is 5.05. The van der Waals surface area contributed by atoms with E-state index >= 15 is 0 Å². The Labute approximate surface area is 110 Å². The van der Waals surface area contributed by atoms with Gasteiger partial charge in [-0.1, -0.05) is 6.07 Å². The van der Waals surface area contributed by atoms with Crippen LogP contribution in [-0.4, -0.2) is 24.9 Å². The summed E-state index contributed by atoms with van der Waals surface area (Å²) in [6.07, 6.45) is 1.64. The first-order valence-electron chi connectivity index (χ1n) is 6.51. The molecule has 1 fully saturated rings. The van der Waals surface area contributed by atoms with Gasteiger partial charge in [-0.2, -0.15) is 0 Å². The molecule has 0 radical (unpaired) electrons. The summed E-state index contributed by atoms with van der Waals surface area (Å²) in [5.74, 6) is -0.745. The van der Waals surface area contributed by atoms with Crippen molar-refractivity contribution in [2.45, 2.75) is 19.3 Å². The van der Waals surface area contributed by atoms with Crippen LogP contribution >= 0.6 is 0 Å². The number of carbonyl (C=O) groups is 2. The standard InChI is InChI=1S/C14H15FN2O2/c15-11-2-1-9-4-6-17(12(9)8-11)14(19)10-3-5-16-13(18)7-10/h1-2,8,10H,3-7H2,(H,16,18). The van der Waals surface area contributed by atoms with Crippen molar-refractivity contribution in [2.75, 3.05) is 18.0 Å². The van der Waals surface area contributed by atoms with E-state index in [1.54, 1.807) is 11.0 Å². The molecule has 5 heteroatoms. The third-order valence-corrected chi connectivity index (χ3v) is 3.80. The van der Waals surface area contributed by atoms with E-state index in [2.05, 4.69) is 5.32 Å². The second-order valence-corrected chi connectivity index (χ2v) is 5.05. The maximum Gasteiger partial charge on any atom is 0.230 e. The maximum atomic E-state index is 13.3. The topological polar surface area (TPSA) is 49.4 Å². The fraction of sp³-hybridized carbons (Fsp3) is 0.429. The Kier molecular flexibility index (Phi) is 2.97. The molecule has 0 spiro atoms. The molecular weight excluding hydrogens is 247 g/mol. The fourth-order valence-corrected chi connectivity index (χ4v) is 2.80. The van der Waals surface area contributed by atoms with Crippen molar-refractivity contribution < 1.29 is 14.0 Å². The number of anilines is 1. The van der Waals surface area contributed by atoms with Gasteiger partial charge in [0.2, 0.25) is 11.8 Å². The van der Waals surface area contributed by atoms with Crippen molar-refractivity contribution >= 4 is 17.5 Å². The molecule has 2 aliphatic heterocycles. The molecule has 4 nitrogen and oxygen atoms in total. The van der Waals surface area contributed by atoms with Crippen LogP contribution in [0.1, 0.15) is 18.4 Å². The van der Waals surface area contributed by atoms with Crippen LogP contribution in [0, 0.1) is 11.7 Å². The lowest BCUT2D eigenvalue weighted by Gasteiger charge is -2.26. The van der Waals surface area contributed by atoms with E-state index < -0.39 is 0 Å². The Morgan fingerprint density at radius 2 is 2.26 bits per heavy atom. The van der Waals surface area contributed by atoms with Gasteiger partial charge in [0.15, 0.2) is 0 Å². The van der Waals surface area contributed by atoms with Crippen molar-refractivity contribution in [1.29, 1.82) is 0 Å². The summed E-state index contributed by atoms with van der Waals surface area (Å²) in [7, 11) is 0. The number of benzene rings is 1. The number of nitrogens with zero attached hydrogens (tertiary/aromatic N) is 1. The summed E-state index contributed by atoms with van der Waals surface area (Å²) in [4.78, 5) is 25.4. The number of nitrogens with one attached hydrogen (secondary N) is 1. The van der Waals surface area contributed by atoms with Crippen molar-refractivity contribution in [3.8, 4) is 0 Å². The molecule has 0 aliphatic carbocycles. The van der Waals surface area contributed by atoms with Crippen LogP contribution in [0.3, 0.4) is 0 Å². The monoisotopic (exact) mass is 262 g/mol. The lowest BCUT2D eigenvalue weighted by molar-refractivity contribution is -0.130. The summed E-state index contributed by atoms with van der Waals surface area (Å²) in [5.41, 5.74) is 1.66. The van der Waals surface area contributed by atoms with Crippen LogP contribution in [0.2, 0.25) is 0 Å². The quantitative estimate of drug-likeness (QED) is 0.828. The molecule has 1 aromatic rings. The van der Waals surface area contributed by atoms with Gasteiger partial charge >= 0.3 is 0 Å². The van der Waals surface area contributed by atoms with E-state index in [1.165, 1.54) is 12.1 Å². The van der Waals surface area contributed by atoms with E-state index in [0.717, 1.165) is 12.0 Å². The number of carbonyl (C=O) groups excluding carboxylic acids is 2. The first-order valence-corrected chi connectivity index (χ1v) is 6.51. The van der Waals surface area contributed by atoms with Crippen molar-refractivity contribution in [3.63, 3.8) is 0 Å². The third kappa shape index (κ3) is 2.20. The Hall–Kier alpha value is -1.91. The largest absolute Gasteiger partial charge is 0.356 e. The van der Waals surface area contributed by atoms with E-state index in [9.17, 15) is 14.0 Å². The molecule has 3 rings (SSSR count). The fourth-order valence-electron chi connectivity index (χ4n) is 2.80. The average molecular weight is 262 g/mol. The zero-order valence-corrected chi connectivity index (χ0v) is 10.5. The van der Waals surface area contributed by atoms with Gasteiger partial charge in [-0.25, -0.2) is 4.39 Å². The van der Waals surface area contributed by atoms with E-state index in [-0.39, 0.29) is 30.0 Å². The summed E-state index contributed by atoms with van der Waals surface area (Å²) in [6.45, 7) is 1.12. The van der Waals surface area contributed by atoms with Crippen LogP contribution in [0.25, 0.3) is 0 Å². The minimum absolute atomic E-state index is 0.0563. The normalized spacial score (nSPS) is 22.1. The third-order valence-electron chi connectivity index (χ3n) is 3.80. The molecule has 2 aliphatic rings. The average Bonchev–Trinajstić information content (AvgIpc) is 2.80. The van der Waals surface area contributed by atoms with Gasteiger partial charge in [-0.05, 0) is 30.5 Å². The molecule has 1 N–H and O–H groups in total. The molecule has 1 unspecified atom stereocenters. The van der Waals surface area contributed by atoms with Gasteiger partial charge in [-0.15, -0.1) is 0 Å². The Bertz CT molecular complexity index is 544. The van der Waals surface area contributed by atoms with Gasteiger partial charge in [0, 0.05) is 31.1 Å². The highest BCUT2D eigenvalue weighted by atomic mass is 19.1. The van der Waals surface area contributed by atoms with Gasteiger partial charge in [0.25, 0.3) is 0 Å². The molecule has 0 bridgehead atoms. The van der Waals surface area contributed by atoms with Gasteiger partial charge in [0.05, 0.1) is 0 Å². The van der Waals surface area contributed by atoms with E-state index in [4.69, 9.17) is 0 Å². The van der Waals surface area contributed by atoms with Crippen LogP contribution in [-0.2, 0) is 16.0 Å². The second kappa shape index (κ2) is 4.64. The Balaban J connectivity index is 1.83. The lowest BCUT2D eigenvalue weighted by Crippen LogP contribution is -2.42. The lowest BCUT2D eigenvalue weighted by atomic mass is 9.96. The molecule has 1 atom stereocenters. The number of halogens is 1. The van der Waals surface area contributed by atoms with E-state index in [1.807, 2.05) is 0 Å². The van der Waals surface area contributed by atoms with Crippen molar-refractivity contribution in [2.24, 2.45) is 5.92 Å². The molecule has 19 heavy (non-hydrogen) atoms. The first-order chi connectivity index (χ1) is 9.15. The highest BCUT2D eigenvalue weighted by Gasteiger charge is 2.33. The van der Waals surface area contributed by atoms with Gasteiger partial charge in [-0.3, -0.25) is 9.59 Å². The zero-order valence-electron chi connectivity index (χ0n) is 10.5.